The van der Waals surface area contributed by atoms with Crippen molar-refractivity contribution in [2.75, 3.05) is 13.7 Å². The average Bonchev–Trinajstić information content (AvgIpc) is 2.51. The van der Waals surface area contributed by atoms with Gasteiger partial charge in [-0.2, -0.15) is 0 Å². The van der Waals surface area contributed by atoms with Gasteiger partial charge in [-0.1, -0.05) is 55.1 Å². The Balaban J connectivity index is 2.50. The smallest absolute Gasteiger partial charge is 0.337 e. The number of halogens is 1. The highest BCUT2D eigenvalue weighted by molar-refractivity contribution is 9.10. The third kappa shape index (κ3) is 6.18. The Bertz CT molecular complexity index is 446. The maximum absolute atomic E-state index is 11.4. The normalized spacial score (nSPS) is 12.2. The van der Waals surface area contributed by atoms with E-state index in [4.69, 9.17) is 9.47 Å². The first-order valence-corrected chi connectivity index (χ1v) is 8.36. The van der Waals surface area contributed by atoms with Crippen molar-refractivity contribution in [3.63, 3.8) is 0 Å². The molecule has 1 rings (SSSR count). The molecule has 0 aromatic heterocycles. The number of carbonyl (C=O) groups excluding carboxylic acids is 1. The highest BCUT2D eigenvalue weighted by Gasteiger charge is 2.10. The fourth-order valence-corrected chi connectivity index (χ4v) is 2.64. The Morgan fingerprint density at radius 2 is 2.10 bits per heavy atom. The van der Waals surface area contributed by atoms with Crippen LogP contribution in [0.4, 0.5) is 0 Å². The van der Waals surface area contributed by atoms with Crippen molar-refractivity contribution >= 4 is 21.9 Å². The minimum atomic E-state index is -0.325. The zero-order valence-corrected chi connectivity index (χ0v) is 14.7. The molecule has 0 heterocycles. The van der Waals surface area contributed by atoms with E-state index in [9.17, 15) is 4.79 Å². The summed E-state index contributed by atoms with van der Waals surface area (Å²) in [6.45, 7) is 5.78. The number of benzene rings is 1. The van der Waals surface area contributed by atoms with Gasteiger partial charge in [0.2, 0.25) is 0 Å². The lowest BCUT2D eigenvalue weighted by Crippen LogP contribution is -2.09. The van der Waals surface area contributed by atoms with Crippen molar-refractivity contribution in [2.24, 2.45) is 5.92 Å². The Morgan fingerprint density at radius 3 is 2.67 bits per heavy atom. The van der Waals surface area contributed by atoms with E-state index in [-0.39, 0.29) is 5.97 Å². The monoisotopic (exact) mass is 356 g/mol. The van der Waals surface area contributed by atoms with Gasteiger partial charge in [-0.15, -0.1) is 0 Å². The number of ether oxygens (including phenoxy) is 2. The molecule has 1 atom stereocenters. The molecule has 0 saturated carbocycles. The first-order valence-electron chi connectivity index (χ1n) is 7.56. The molecule has 0 amide bonds. The zero-order valence-electron chi connectivity index (χ0n) is 13.2. The summed E-state index contributed by atoms with van der Waals surface area (Å²) in [6, 6.07) is 5.45. The number of unbranched alkanes of at least 4 members (excludes halogenated alkanes) is 1. The van der Waals surface area contributed by atoms with Gasteiger partial charge in [-0.25, -0.2) is 4.79 Å². The third-order valence-electron chi connectivity index (χ3n) is 3.63. The standard InChI is InChI=1S/C17H25BrO3/c1-4-6-7-13(5-2)11-21-12-15-9-8-14(10-16(15)18)17(19)20-3/h8-10,13H,4-7,11-12H2,1-3H3. The van der Waals surface area contributed by atoms with Crippen LogP contribution in [0.3, 0.4) is 0 Å². The lowest BCUT2D eigenvalue weighted by molar-refractivity contribution is 0.0600. The minimum Gasteiger partial charge on any atom is -0.465 e. The molecular formula is C17H25BrO3. The molecule has 0 aliphatic rings. The van der Waals surface area contributed by atoms with Crippen LogP contribution in [0.15, 0.2) is 22.7 Å². The van der Waals surface area contributed by atoms with Gasteiger partial charge in [0, 0.05) is 11.1 Å². The molecule has 0 spiro atoms. The van der Waals surface area contributed by atoms with Crippen LogP contribution >= 0.6 is 15.9 Å². The zero-order chi connectivity index (χ0) is 15.7. The topological polar surface area (TPSA) is 35.5 Å². The lowest BCUT2D eigenvalue weighted by Gasteiger charge is -2.15. The van der Waals surface area contributed by atoms with Gasteiger partial charge in [0.15, 0.2) is 0 Å². The average molecular weight is 357 g/mol. The van der Waals surface area contributed by atoms with Crippen molar-refractivity contribution in [2.45, 2.75) is 46.1 Å². The Morgan fingerprint density at radius 1 is 1.33 bits per heavy atom. The molecule has 0 aliphatic carbocycles. The van der Waals surface area contributed by atoms with Crippen LogP contribution in [0.2, 0.25) is 0 Å². The van der Waals surface area contributed by atoms with Crippen LogP contribution in [-0.2, 0) is 16.1 Å². The van der Waals surface area contributed by atoms with E-state index in [1.54, 1.807) is 12.1 Å². The van der Waals surface area contributed by atoms with Crippen LogP contribution in [0, 0.1) is 5.92 Å². The molecule has 0 N–H and O–H groups in total. The van der Waals surface area contributed by atoms with Crippen molar-refractivity contribution in [1.82, 2.24) is 0 Å². The van der Waals surface area contributed by atoms with Crippen LogP contribution < -0.4 is 0 Å². The van der Waals surface area contributed by atoms with Crippen molar-refractivity contribution < 1.29 is 14.3 Å². The molecule has 1 aromatic carbocycles. The van der Waals surface area contributed by atoms with E-state index < -0.39 is 0 Å². The van der Waals surface area contributed by atoms with Crippen molar-refractivity contribution in [3.8, 4) is 0 Å². The van der Waals surface area contributed by atoms with Gasteiger partial charge in [0.05, 0.1) is 19.3 Å². The van der Waals surface area contributed by atoms with Crippen LogP contribution in [0.5, 0.6) is 0 Å². The fourth-order valence-electron chi connectivity index (χ4n) is 2.14. The molecule has 1 unspecified atom stereocenters. The predicted octanol–water partition coefficient (Wildman–Crippen LogP) is 4.97. The highest BCUT2D eigenvalue weighted by Crippen LogP contribution is 2.21. The summed E-state index contributed by atoms with van der Waals surface area (Å²) in [4.78, 5) is 11.4. The quantitative estimate of drug-likeness (QED) is 0.586. The van der Waals surface area contributed by atoms with Gasteiger partial charge >= 0.3 is 5.97 Å². The van der Waals surface area contributed by atoms with Crippen molar-refractivity contribution in [3.05, 3.63) is 33.8 Å². The molecule has 0 fully saturated rings. The number of carbonyl (C=O) groups is 1. The second-order valence-corrected chi connectivity index (χ2v) is 6.08. The molecule has 0 saturated heterocycles. The van der Waals surface area contributed by atoms with E-state index in [1.165, 1.54) is 26.4 Å². The predicted molar refractivity (Wildman–Crippen MR) is 88.4 cm³/mol. The van der Waals surface area contributed by atoms with E-state index in [0.717, 1.165) is 23.1 Å². The van der Waals surface area contributed by atoms with E-state index in [0.29, 0.717) is 18.1 Å². The number of hydrogen-bond donors (Lipinski definition) is 0. The fraction of sp³-hybridized carbons (Fsp3) is 0.588. The molecule has 4 heteroatoms. The number of hydrogen-bond acceptors (Lipinski definition) is 3. The summed E-state index contributed by atoms with van der Waals surface area (Å²) >= 11 is 3.48. The molecule has 0 radical (unpaired) electrons. The van der Waals surface area contributed by atoms with Gasteiger partial charge in [0.1, 0.15) is 0 Å². The van der Waals surface area contributed by atoms with Gasteiger partial charge < -0.3 is 9.47 Å². The first-order chi connectivity index (χ1) is 10.1. The number of esters is 1. The minimum absolute atomic E-state index is 0.325. The molecule has 118 valence electrons. The van der Waals surface area contributed by atoms with Crippen LogP contribution in [-0.4, -0.2) is 19.7 Å². The molecule has 0 aliphatic heterocycles. The Kier molecular flexibility index (Phi) is 8.62. The SMILES string of the molecule is CCCCC(CC)COCc1ccc(C(=O)OC)cc1Br. The van der Waals surface area contributed by atoms with Crippen molar-refractivity contribution in [1.29, 1.82) is 0 Å². The number of methoxy groups -OCH3 is 1. The summed E-state index contributed by atoms with van der Waals surface area (Å²) in [5, 5.41) is 0. The second kappa shape index (κ2) is 9.96. The molecule has 1 aromatic rings. The maximum atomic E-state index is 11.4. The van der Waals surface area contributed by atoms with Gasteiger partial charge in [0.25, 0.3) is 0 Å². The van der Waals surface area contributed by atoms with Crippen LogP contribution in [0.25, 0.3) is 0 Å². The molecule has 0 bridgehead atoms. The second-order valence-electron chi connectivity index (χ2n) is 5.23. The summed E-state index contributed by atoms with van der Waals surface area (Å²) in [6.07, 6.45) is 4.88. The molecule has 3 nitrogen and oxygen atoms in total. The van der Waals surface area contributed by atoms with E-state index in [1.807, 2.05) is 6.07 Å². The summed E-state index contributed by atoms with van der Waals surface area (Å²) < 4.78 is 11.4. The molecular weight excluding hydrogens is 332 g/mol. The largest absolute Gasteiger partial charge is 0.465 e. The van der Waals surface area contributed by atoms with E-state index >= 15 is 0 Å². The van der Waals surface area contributed by atoms with Gasteiger partial charge in [-0.05, 0) is 30.0 Å². The Hall–Kier alpha value is -0.870. The summed E-state index contributed by atoms with van der Waals surface area (Å²) in [5.41, 5.74) is 1.59. The summed E-state index contributed by atoms with van der Waals surface area (Å²) in [7, 11) is 1.38. The van der Waals surface area contributed by atoms with Gasteiger partial charge in [-0.3, -0.25) is 0 Å². The Labute approximate surface area is 136 Å². The molecule has 21 heavy (non-hydrogen) atoms. The number of rotatable bonds is 9. The maximum Gasteiger partial charge on any atom is 0.337 e. The first kappa shape index (κ1) is 18.2. The highest BCUT2D eigenvalue weighted by atomic mass is 79.9. The van der Waals surface area contributed by atoms with E-state index in [2.05, 4.69) is 29.8 Å². The van der Waals surface area contributed by atoms with Crippen LogP contribution in [0.1, 0.15) is 55.5 Å². The third-order valence-corrected chi connectivity index (χ3v) is 4.37. The lowest BCUT2D eigenvalue weighted by atomic mass is 10.0. The summed E-state index contributed by atoms with van der Waals surface area (Å²) in [5.74, 6) is 0.312.